The fourth-order valence-corrected chi connectivity index (χ4v) is 5.29. The van der Waals surface area contributed by atoms with Crippen molar-refractivity contribution >= 4 is 0 Å². The van der Waals surface area contributed by atoms with Gasteiger partial charge in [0.05, 0.1) is 6.10 Å². The lowest BCUT2D eigenvalue weighted by molar-refractivity contribution is -0.0323. The maximum absolute atomic E-state index is 9.55. The monoisotopic (exact) mass is 400 g/mol. The van der Waals surface area contributed by atoms with Crippen molar-refractivity contribution in [3.63, 3.8) is 0 Å². The number of ether oxygens (including phenoxy) is 2. The molecule has 0 aliphatic carbocycles. The first-order valence-corrected chi connectivity index (χ1v) is 11.9. The summed E-state index contributed by atoms with van der Waals surface area (Å²) in [6.07, 6.45) is 9.74. The second kappa shape index (κ2) is 16.7. The van der Waals surface area contributed by atoms with E-state index in [2.05, 4.69) is 41.5 Å². The lowest BCUT2D eigenvalue weighted by Gasteiger charge is -2.25. The summed E-state index contributed by atoms with van der Waals surface area (Å²) in [6.45, 7) is 17.5. The molecule has 3 heteroatoms. The van der Waals surface area contributed by atoms with E-state index in [1.807, 2.05) is 6.92 Å². The lowest BCUT2D eigenvalue weighted by atomic mass is 9.81. The zero-order valence-electron chi connectivity index (χ0n) is 20.4. The van der Waals surface area contributed by atoms with E-state index in [9.17, 15) is 5.11 Å². The van der Waals surface area contributed by atoms with Gasteiger partial charge in [0.2, 0.25) is 0 Å². The number of hydrogen-bond donors (Lipinski definition) is 1. The lowest BCUT2D eigenvalue weighted by Crippen LogP contribution is -2.14. The van der Waals surface area contributed by atoms with Crippen LogP contribution in [0.15, 0.2) is 0 Å². The standard InChI is InChI=1S/C25H52O3/c1-19(10-9-11-28-18-27-8)12-20(2)13-21(3)14-22(4)15-23(5)16-24(6)17-25(7)26/h19-26H,9-18H2,1-8H3. The third-order valence-electron chi connectivity index (χ3n) is 5.95. The second-order valence-electron chi connectivity index (χ2n) is 10.4. The molecule has 0 fully saturated rings. The molecule has 7 atom stereocenters. The van der Waals surface area contributed by atoms with E-state index in [0.717, 1.165) is 49.0 Å². The van der Waals surface area contributed by atoms with Gasteiger partial charge in [0.15, 0.2) is 0 Å². The molecule has 0 rings (SSSR count). The molecular weight excluding hydrogens is 348 g/mol. The largest absolute Gasteiger partial charge is 0.393 e. The highest BCUT2D eigenvalue weighted by Gasteiger charge is 2.18. The smallest absolute Gasteiger partial charge is 0.146 e. The molecule has 3 nitrogen and oxygen atoms in total. The van der Waals surface area contributed by atoms with Gasteiger partial charge in [-0.25, -0.2) is 0 Å². The summed E-state index contributed by atoms with van der Waals surface area (Å²) in [4.78, 5) is 0. The van der Waals surface area contributed by atoms with Crippen molar-refractivity contribution in [3.05, 3.63) is 0 Å². The Hall–Kier alpha value is -0.120. The average molecular weight is 401 g/mol. The normalized spacial score (nSPS) is 19.6. The van der Waals surface area contributed by atoms with Crippen LogP contribution in [0.2, 0.25) is 0 Å². The molecule has 0 amide bonds. The Morgan fingerprint density at radius 2 is 1.00 bits per heavy atom. The van der Waals surface area contributed by atoms with E-state index >= 15 is 0 Å². The number of rotatable bonds is 18. The van der Waals surface area contributed by atoms with Crippen LogP contribution in [-0.2, 0) is 9.47 Å². The molecule has 0 aliphatic rings. The molecule has 0 radical (unpaired) electrons. The molecule has 0 aromatic heterocycles. The molecule has 0 saturated carbocycles. The highest BCUT2D eigenvalue weighted by molar-refractivity contribution is 4.69. The van der Waals surface area contributed by atoms with Crippen LogP contribution < -0.4 is 0 Å². The van der Waals surface area contributed by atoms with Crippen LogP contribution in [0.5, 0.6) is 0 Å². The van der Waals surface area contributed by atoms with E-state index in [1.165, 1.54) is 38.5 Å². The van der Waals surface area contributed by atoms with Crippen molar-refractivity contribution in [2.24, 2.45) is 35.5 Å². The van der Waals surface area contributed by atoms with Crippen LogP contribution in [0.25, 0.3) is 0 Å². The van der Waals surface area contributed by atoms with Gasteiger partial charge in [-0.1, -0.05) is 41.5 Å². The molecule has 0 aromatic carbocycles. The average Bonchev–Trinajstić information content (AvgIpc) is 2.52. The van der Waals surface area contributed by atoms with Gasteiger partial charge in [-0.05, 0) is 93.8 Å². The third-order valence-corrected chi connectivity index (χ3v) is 5.95. The van der Waals surface area contributed by atoms with Gasteiger partial charge in [-0.3, -0.25) is 0 Å². The van der Waals surface area contributed by atoms with Gasteiger partial charge in [-0.2, -0.15) is 0 Å². The van der Waals surface area contributed by atoms with Crippen LogP contribution in [0.1, 0.15) is 99.8 Å². The Balaban J connectivity index is 3.96. The first kappa shape index (κ1) is 27.9. The summed E-state index contributed by atoms with van der Waals surface area (Å²) >= 11 is 0. The minimum atomic E-state index is -0.165. The van der Waals surface area contributed by atoms with Crippen molar-refractivity contribution in [1.29, 1.82) is 0 Å². The quantitative estimate of drug-likeness (QED) is 0.200. The summed E-state index contributed by atoms with van der Waals surface area (Å²) in [5.41, 5.74) is 0. The molecule has 28 heavy (non-hydrogen) atoms. The second-order valence-corrected chi connectivity index (χ2v) is 10.4. The molecule has 170 valence electrons. The van der Waals surface area contributed by atoms with Crippen molar-refractivity contribution in [2.75, 3.05) is 20.5 Å². The molecule has 0 spiro atoms. The maximum atomic E-state index is 9.55. The van der Waals surface area contributed by atoms with Gasteiger partial charge in [0.1, 0.15) is 6.79 Å². The van der Waals surface area contributed by atoms with Gasteiger partial charge in [0.25, 0.3) is 0 Å². The number of aliphatic hydroxyl groups is 1. The van der Waals surface area contributed by atoms with Crippen molar-refractivity contribution in [2.45, 2.75) is 106 Å². The third kappa shape index (κ3) is 16.8. The number of hydrogen-bond acceptors (Lipinski definition) is 3. The zero-order chi connectivity index (χ0) is 21.5. The molecule has 0 bridgehead atoms. The predicted octanol–water partition coefficient (Wildman–Crippen LogP) is 6.93. The molecule has 0 aromatic rings. The minimum absolute atomic E-state index is 0.165. The van der Waals surface area contributed by atoms with Crippen molar-refractivity contribution < 1.29 is 14.6 Å². The summed E-state index contributed by atoms with van der Waals surface area (Å²) in [6, 6.07) is 0. The first-order valence-electron chi connectivity index (χ1n) is 11.9. The van der Waals surface area contributed by atoms with E-state index in [-0.39, 0.29) is 6.10 Å². The molecule has 0 saturated heterocycles. The molecule has 1 N–H and O–H groups in total. The van der Waals surface area contributed by atoms with Crippen LogP contribution >= 0.6 is 0 Å². The van der Waals surface area contributed by atoms with E-state index in [1.54, 1.807) is 7.11 Å². The van der Waals surface area contributed by atoms with Crippen molar-refractivity contribution in [1.82, 2.24) is 0 Å². The summed E-state index contributed by atoms with van der Waals surface area (Å²) in [7, 11) is 1.67. The Bertz CT molecular complexity index is 345. The Labute approximate surface area is 177 Å². The van der Waals surface area contributed by atoms with Crippen molar-refractivity contribution in [3.8, 4) is 0 Å². The van der Waals surface area contributed by atoms with Crippen LogP contribution in [0.4, 0.5) is 0 Å². The highest BCUT2D eigenvalue weighted by atomic mass is 16.7. The highest BCUT2D eigenvalue weighted by Crippen LogP contribution is 2.29. The molecule has 0 heterocycles. The Morgan fingerprint density at radius 3 is 1.39 bits per heavy atom. The topological polar surface area (TPSA) is 38.7 Å². The van der Waals surface area contributed by atoms with Gasteiger partial charge in [-0.15, -0.1) is 0 Å². The van der Waals surface area contributed by atoms with Gasteiger partial charge < -0.3 is 14.6 Å². The van der Waals surface area contributed by atoms with E-state index in [0.29, 0.717) is 12.7 Å². The number of aliphatic hydroxyl groups excluding tert-OH is 1. The first-order chi connectivity index (χ1) is 13.1. The molecule has 0 aliphatic heterocycles. The predicted molar refractivity (Wildman–Crippen MR) is 121 cm³/mol. The number of methoxy groups -OCH3 is 1. The van der Waals surface area contributed by atoms with Crippen LogP contribution in [-0.4, -0.2) is 31.7 Å². The van der Waals surface area contributed by atoms with Crippen LogP contribution in [0, 0.1) is 35.5 Å². The summed E-state index contributed by atoms with van der Waals surface area (Å²) in [5, 5.41) is 9.55. The van der Waals surface area contributed by atoms with E-state index < -0.39 is 0 Å². The minimum Gasteiger partial charge on any atom is -0.393 e. The van der Waals surface area contributed by atoms with Gasteiger partial charge >= 0.3 is 0 Å². The fraction of sp³-hybridized carbons (Fsp3) is 1.00. The van der Waals surface area contributed by atoms with Gasteiger partial charge in [0, 0.05) is 13.7 Å². The zero-order valence-corrected chi connectivity index (χ0v) is 20.4. The Morgan fingerprint density at radius 1 is 0.607 bits per heavy atom. The Kier molecular flexibility index (Phi) is 16.6. The fourth-order valence-electron chi connectivity index (χ4n) is 5.29. The SMILES string of the molecule is COCOCCCC(C)CC(C)CC(C)CC(C)CC(C)CC(C)CC(C)O. The summed E-state index contributed by atoms with van der Waals surface area (Å²) < 4.78 is 10.3. The van der Waals surface area contributed by atoms with E-state index in [4.69, 9.17) is 9.47 Å². The molecular formula is C25H52O3. The molecule has 7 unspecified atom stereocenters. The summed E-state index contributed by atoms with van der Waals surface area (Å²) in [5.74, 6) is 4.58. The van der Waals surface area contributed by atoms with Crippen LogP contribution in [0.3, 0.4) is 0 Å². The maximum Gasteiger partial charge on any atom is 0.146 e.